The van der Waals surface area contributed by atoms with Crippen molar-refractivity contribution in [3.63, 3.8) is 0 Å². The lowest BCUT2D eigenvalue weighted by atomic mass is 10.1. The van der Waals surface area contributed by atoms with Crippen molar-refractivity contribution in [3.05, 3.63) is 22.8 Å². The second-order valence-corrected chi connectivity index (χ2v) is 4.38. The number of nitrogens with two attached hydrogens (primary N) is 1. The van der Waals surface area contributed by atoms with Crippen molar-refractivity contribution < 1.29 is 14.0 Å². The average Bonchev–Trinajstić information content (AvgIpc) is 2.75. The number of hydrogen-bond acceptors (Lipinski definition) is 5. The second-order valence-electron chi connectivity index (χ2n) is 3.53. The molecule has 0 bridgehead atoms. The second kappa shape index (κ2) is 5.30. The fourth-order valence-electron chi connectivity index (χ4n) is 1.65. The molecule has 18 heavy (non-hydrogen) atoms. The van der Waals surface area contributed by atoms with E-state index in [0.29, 0.717) is 18.1 Å². The largest absolute Gasteiger partial charge is 0.492 e. The molecular weight excluding hydrogens is 300 g/mol. The van der Waals surface area contributed by atoms with Gasteiger partial charge >= 0.3 is 0 Å². The van der Waals surface area contributed by atoms with Crippen molar-refractivity contribution in [2.45, 2.75) is 6.92 Å². The molecule has 96 valence electrons. The van der Waals surface area contributed by atoms with Crippen LogP contribution in [-0.4, -0.2) is 18.9 Å². The predicted octanol–water partition coefficient (Wildman–Crippen LogP) is 3.09. The average molecular weight is 313 g/mol. The summed E-state index contributed by atoms with van der Waals surface area (Å²) in [6.07, 6.45) is 1.57. The molecule has 0 saturated heterocycles. The van der Waals surface area contributed by atoms with Gasteiger partial charge in [-0.1, -0.05) is 5.16 Å². The van der Waals surface area contributed by atoms with Crippen LogP contribution in [0.3, 0.4) is 0 Å². The molecule has 1 aromatic carbocycles. The molecule has 5 nitrogen and oxygen atoms in total. The third-order valence-electron chi connectivity index (χ3n) is 2.42. The van der Waals surface area contributed by atoms with Crippen LogP contribution < -0.4 is 15.2 Å². The van der Waals surface area contributed by atoms with Crippen LogP contribution in [0.5, 0.6) is 11.5 Å². The number of anilines is 1. The zero-order valence-corrected chi connectivity index (χ0v) is 11.7. The molecule has 0 amide bonds. The predicted molar refractivity (Wildman–Crippen MR) is 71.8 cm³/mol. The molecule has 0 aliphatic heterocycles. The molecule has 1 heterocycles. The van der Waals surface area contributed by atoms with Crippen LogP contribution in [0, 0.1) is 0 Å². The minimum atomic E-state index is 0.273. The SMILES string of the molecule is CCOc1cc(-c2cnoc2N)cc(Br)c1OC. The lowest BCUT2D eigenvalue weighted by Crippen LogP contribution is -1.97. The molecule has 0 unspecified atom stereocenters. The maximum Gasteiger partial charge on any atom is 0.229 e. The van der Waals surface area contributed by atoms with E-state index in [0.717, 1.165) is 15.6 Å². The summed E-state index contributed by atoms with van der Waals surface area (Å²) < 4.78 is 16.5. The molecule has 0 aliphatic carbocycles. The fraction of sp³-hybridized carbons (Fsp3) is 0.250. The fourth-order valence-corrected chi connectivity index (χ4v) is 2.25. The third-order valence-corrected chi connectivity index (χ3v) is 3.01. The Bertz CT molecular complexity index is 554. The standard InChI is InChI=1S/C12H13BrN2O3/c1-3-17-10-5-7(4-9(13)11(10)16-2)8-6-15-18-12(8)14/h4-6H,3,14H2,1-2H3. The normalized spacial score (nSPS) is 10.4. The highest BCUT2D eigenvalue weighted by Crippen LogP contribution is 2.40. The van der Waals surface area contributed by atoms with Crippen LogP contribution >= 0.6 is 15.9 Å². The molecule has 0 atom stereocenters. The van der Waals surface area contributed by atoms with Gasteiger partial charge in [0.05, 0.1) is 29.9 Å². The summed E-state index contributed by atoms with van der Waals surface area (Å²) >= 11 is 3.44. The van der Waals surface area contributed by atoms with Crippen molar-refractivity contribution in [1.82, 2.24) is 5.16 Å². The molecular formula is C12H13BrN2O3. The first-order valence-electron chi connectivity index (χ1n) is 5.38. The molecule has 2 rings (SSSR count). The molecule has 6 heteroatoms. The van der Waals surface area contributed by atoms with Crippen LogP contribution in [0.1, 0.15) is 6.92 Å². The van der Waals surface area contributed by atoms with Crippen LogP contribution in [0.15, 0.2) is 27.3 Å². The van der Waals surface area contributed by atoms with Crippen LogP contribution in [0.25, 0.3) is 11.1 Å². The summed E-state index contributed by atoms with van der Waals surface area (Å²) in [5, 5.41) is 3.66. The lowest BCUT2D eigenvalue weighted by Gasteiger charge is -2.12. The number of benzene rings is 1. The summed E-state index contributed by atoms with van der Waals surface area (Å²) in [4.78, 5) is 0. The lowest BCUT2D eigenvalue weighted by molar-refractivity contribution is 0.310. The molecule has 0 aliphatic rings. The summed E-state index contributed by atoms with van der Waals surface area (Å²) in [7, 11) is 1.59. The Hall–Kier alpha value is -1.69. The zero-order chi connectivity index (χ0) is 13.1. The minimum absolute atomic E-state index is 0.273. The Kier molecular flexibility index (Phi) is 3.76. The first-order chi connectivity index (χ1) is 8.67. The summed E-state index contributed by atoms with van der Waals surface area (Å²) in [6.45, 7) is 2.46. The highest BCUT2D eigenvalue weighted by Gasteiger charge is 2.15. The van der Waals surface area contributed by atoms with E-state index < -0.39 is 0 Å². The van der Waals surface area contributed by atoms with Gasteiger partial charge in [-0.2, -0.15) is 0 Å². The number of halogens is 1. The van der Waals surface area contributed by atoms with Gasteiger partial charge in [-0.25, -0.2) is 0 Å². The summed E-state index contributed by atoms with van der Waals surface area (Å²) in [5.74, 6) is 1.56. The Morgan fingerprint density at radius 3 is 2.78 bits per heavy atom. The molecule has 1 aromatic heterocycles. The van der Waals surface area contributed by atoms with Crippen LogP contribution in [-0.2, 0) is 0 Å². The van der Waals surface area contributed by atoms with Gasteiger partial charge in [-0.05, 0) is 40.5 Å². The Balaban J connectivity index is 2.54. The first-order valence-corrected chi connectivity index (χ1v) is 6.17. The number of methoxy groups -OCH3 is 1. The molecule has 2 N–H and O–H groups in total. The van der Waals surface area contributed by atoms with Crippen molar-refractivity contribution in [1.29, 1.82) is 0 Å². The van der Waals surface area contributed by atoms with Gasteiger partial charge in [0.25, 0.3) is 0 Å². The highest BCUT2D eigenvalue weighted by molar-refractivity contribution is 9.10. The van der Waals surface area contributed by atoms with E-state index >= 15 is 0 Å². The van der Waals surface area contributed by atoms with Gasteiger partial charge in [0.1, 0.15) is 0 Å². The van der Waals surface area contributed by atoms with E-state index in [1.165, 1.54) is 0 Å². The number of rotatable bonds is 4. The number of nitrogen functional groups attached to an aromatic ring is 1. The van der Waals surface area contributed by atoms with Crippen LogP contribution in [0.2, 0.25) is 0 Å². The van der Waals surface area contributed by atoms with Crippen molar-refractivity contribution in [3.8, 4) is 22.6 Å². The third kappa shape index (κ3) is 2.28. The van der Waals surface area contributed by atoms with Crippen LogP contribution in [0.4, 0.5) is 5.88 Å². The highest BCUT2D eigenvalue weighted by atomic mass is 79.9. The number of hydrogen-bond donors (Lipinski definition) is 1. The zero-order valence-electron chi connectivity index (χ0n) is 10.1. The van der Waals surface area contributed by atoms with Gasteiger partial charge in [0.15, 0.2) is 11.5 Å². The molecule has 0 spiro atoms. The Labute approximate surface area is 113 Å². The number of aromatic nitrogens is 1. The molecule has 2 aromatic rings. The molecule has 0 saturated carbocycles. The van der Waals surface area contributed by atoms with Crippen molar-refractivity contribution >= 4 is 21.8 Å². The summed E-state index contributed by atoms with van der Waals surface area (Å²) in [5.41, 5.74) is 7.27. The van der Waals surface area contributed by atoms with Gasteiger partial charge in [0.2, 0.25) is 5.88 Å². The van der Waals surface area contributed by atoms with Gasteiger partial charge in [-0.3, -0.25) is 0 Å². The molecule has 0 radical (unpaired) electrons. The summed E-state index contributed by atoms with van der Waals surface area (Å²) in [6, 6.07) is 3.72. The van der Waals surface area contributed by atoms with E-state index in [2.05, 4.69) is 21.1 Å². The van der Waals surface area contributed by atoms with E-state index in [1.807, 2.05) is 19.1 Å². The van der Waals surface area contributed by atoms with Gasteiger partial charge in [-0.15, -0.1) is 0 Å². The maximum absolute atomic E-state index is 5.70. The Morgan fingerprint density at radius 1 is 1.44 bits per heavy atom. The molecule has 0 fully saturated rings. The van der Waals surface area contributed by atoms with Gasteiger partial charge in [0, 0.05) is 0 Å². The topological polar surface area (TPSA) is 70.5 Å². The van der Waals surface area contributed by atoms with Crippen molar-refractivity contribution in [2.75, 3.05) is 19.5 Å². The smallest absolute Gasteiger partial charge is 0.229 e. The van der Waals surface area contributed by atoms with E-state index in [-0.39, 0.29) is 5.88 Å². The first kappa shape index (κ1) is 12.8. The van der Waals surface area contributed by atoms with Gasteiger partial charge < -0.3 is 19.7 Å². The van der Waals surface area contributed by atoms with E-state index in [1.54, 1.807) is 13.3 Å². The quantitative estimate of drug-likeness (QED) is 0.939. The minimum Gasteiger partial charge on any atom is -0.492 e. The van der Waals surface area contributed by atoms with E-state index in [4.69, 9.17) is 19.7 Å². The number of nitrogens with zero attached hydrogens (tertiary/aromatic N) is 1. The van der Waals surface area contributed by atoms with E-state index in [9.17, 15) is 0 Å². The number of ether oxygens (including phenoxy) is 2. The maximum atomic E-state index is 5.70. The monoisotopic (exact) mass is 312 g/mol. The van der Waals surface area contributed by atoms with Crippen molar-refractivity contribution in [2.24, 2.45) is 0 Å². The Morgan fingerprint density at radius 2 is 2.22 bits per heavy atom.